The molecule has 0 aliphatic carbocycles. The molecule has 2 aromatic carbocycles. The van der Waals surface area contributed by atoms with Crippen LogP contribution in [0.3, 0.4) is 0 Å². The number of hydrogen-bond acceptors (Lipinski definition) is 3. The van der Waals surface area contributed by atoms with Crippen molar-refractivity contribution in [1.29, 1.82) is 0 Å². The maximum absolute atomic E-state index is 13.4. The average molecular weight is 359 g/mol. The van der Waals surface area contributed by atoms with Crippen molar-refractivity contribution in [3.05, 3.63) is 86.6 Å². The Morgan fingerprint density at radius 2 is 1.67 bits per heavy atom. The summed E-state index contributed by atoms with van der Waals surface area (Å²) in [5.41, 5.74) is 1.73. The standard InChI is InChI=1S/C22H21N3O2/c1-3-9-18-23-21-19(20(26)16-12-7-8-13-17(16)24(21)2)22(27)25(18)14-15-10-5-4-6-11-15/h4-8,10-13H,3,9,14H2,1-2H3. The van der Waals surface area contributed by atoms with Crippen LogP contribution in [0.2, 0.25) is 0 Å². The molecule has 0 atom stereocenters. The number of rotatable bonds is 4. The molecule has 0 unspecified atom stereocenters. The summed E-state index contributed by atoms with van der Waals surface area (Å²) in [5.74, 6) is 0.712. The van der Waals surface area contributed by atoms with Crippen molar-refractivity contribution in [2.24, 2.45) is 7.05 Å². The van der Waals surface area contributed by atoms with E-state index in [1.165, 1.54) is 0 Å². The molecule has 0 N–H and O–H groups in total. The van der Waals surface area contributed by atoms with Gasteiger partial charge in [-0.25, -0.2) is 4.98 Å². The molecule has 0 bridgehead atoms. The molecule has 2 heterocycles. The third-order valence-corrected chi connectivity index (χ3v) is 4.94. The summed E-state index contributed by atoms with van der Waals surface area (Å²) >= 11 is 0. The quantitative estimate of drug-likeness (QED) is 0.526. The van der Waals surface area contributed by atoms with Gasteiger partial charge in [0.05, 0.1) is 12.1 Å². The Labute approximate surface area is 156 Å². The van der Waals surface area contributed by atoms with Crippen LogP contribution in [0.1, 0.15) is 24.7 Å². The van der Waals surface area contributed by atoms with E-state index in [9.17, 15) is 9.59 Å². The molecule has 0 spiro atoms. The first-order chi connectivity index (χ1) is 13.1. The van der Waals surface area contributed by atoms with Crippen molar-refractivity contribution >= 4 is 21.9 Å². The van der Waals surface area contributed by atoms with E-state index in [2.05, 4.69) is 6.92 Å². The molecule has 0 aliphatic heterocycles. The first-order valence-electron chi connectivity index (χ1n) is 9.17. The number of para-hydroxylation sites is 1. The predicted octanol–water partition coefficient (Wildman–Crippen LogP) is 3.25. The second-order valence-electron chi connectivity index (χ2n) is 6.76. The Balaban J connectivity index is 2.09. The van der Waals surface area contributed by atoms with Crippen LogP contribution < -0.4 is 11.0 Å². The van der Waals surface area contributed by atoms with Crippen LogP contribution in [0.5, 0.6) is 0 Å². The number of benzene rings is 2. The third kappa shape index (κ3) is 2.85. The van der Waals surface area contributed by atoms with Crippen LogP contribution in [0.25, 0.3) is 21.9 Å². The topological polar surface area (TPSA) is 56.9 Å². The lowest BCUT2D eigenvalue weighted by Crippen LogP contribution is -2.31. The highest BCUT2D eigenvalue weighted by Gasteiger charge is 2.17. The lowest BCUT2D eigenvalue weighted by molar-refractivity contribution is 0.661. The number of aryl methyl sites for hydroxylation is 2. The molecule has 0 fully saturated rings. The van der Waals surface area contributed by atoms with Crippen molar-refractivity contribution in [2.75, 3.05) is 0 Å². The van der Waals surface area contributed by atoms with Crippen LogP contribution in [-0.2, 0) is 20.0 Å². The molecule has 0 aliphatic rings. The van der Waals surface area contributed by atoms with Crippen LogP contribution >= 0.6 is 0 Å². The van der Waals surface area contributed by atoms with Gasteiger partial charge >= 0.3 is 0 Å². The van der Waals surface area contributed by atoms with Crippen molar-refractivity contribution < 1.29 is 0 Å². The van der Waals surface area contributed by atoms with Gasteiger partial charge in [0, 0.05) is 18.9 Å². The predicted molar refractivity (Wildman–Crippen MR) is 108 cm³/mol. The van der Waals surface area contributed by atoms with Crippen molar-refractivity contribution in [2.45, 2.75) is 26.3 Å². The zero-order valence-electron chi connectivity index (χ0n) is 15.5. The van der Waals surface area contributed by atoms with Gasteiger partial charge in [0.1, 0.15) is 11.2 Å². The zero-order valence-corrected chi connectivity index (χ0v) is 15.5. The Kier molecular flexibility index (Phi) is 4.36. The van der Waals surface area contributed by atoms with Gasteiger partial charge in [-0.05, 0) is 24.1 Å². The molecule has 0 amide bonds. The summed E-state index contributed by atoms with van der Waals surface area (Å²) in [6, 6.07) is 17.1. The monoisotopic (exact) mass is 359 g/mol. The molecule has 0 saturated carbocycles. The van der Waals surface area contributed by atoms with E-state index in [4.69, 9.17) is 4.98 Å². The SMILES string of the molecule is CCCc1nc2c(c(=O)c3ccccc3n2C)c(=O)n1Cc1ccccc1. The number of aromatic nitrogens is 3. The van der Waals surface area contributed by atoms with Crippen molar-refractivity contribution in [3.8, 4) is 0 Å². The van der Waals surface area contributed by atoms with Gasteiger partial charge in [0.25, 0.3) is 5.56 Å². The molecule has 0 saturated heterocycles. The Morgan fingerprint density at radius 3 is 2.41 bits per heavy atom. The normalized spacial score (nSPS) is 11.3. The van der Waals surface area contributed by atoms with Crippen LogP contribution in [0.4, 0.5) is 0 Å². The van der Waals surface area contributed by atoms with E-state index in [0.29, 0.717) is 29.8 Å². The van der Waals surface area contributed by atoms with Gasteiger partial charge in [-0.15, -0.1) is 0 Å². The van der Waals surface area contributed by atoms with Crippen LogP contribution in [0, 0.1) is 0 Å². The third-order valence-electron chi connectivity index (χ3n) is 4.94. The smallest absolute Gasteiger partial charge is 0.267 e. The van der Waals surface area contributed by atoms with E-state index in [1.54, 1.807) is 10.6 Å². The molecule has 5 nitrogen and oxygen atoms in total. The summed E-state index contributed by atoms with van der Waals surface area (Å²) < 4.78 is 3.50. The zero-order chi connectivity index (χ0) is 19.0. The van der Waals surface area contributed by atoms with Gasteiger partial charge < -0.3 is 4.57 Å². The molecule has 136 valence electrons. The second-order valence-corrected chi connectivity index (χ2v) is 6.76. The highest BCUT2D eigenvalue weighted by molar-refractivity contribution is 5.91. The highest BCUT2D eigenvalue weighted by Crippen LogP contribution is 2.16. The highest BCUT2D eigenvalue weighted by atomic mass is 16.1. The van der Waals surface area contributed by atoms with Crippen LogP contribution in [-0.4, -0.2) is 14.1 Å². The van der Waals surface area contributed by atoms with E-state index in [-0.39, 0.29) is 16.4 Å². The molecular weight excluding hydrogens is 338 g/mol. The van der Waals surface area contributed by atoms with E-state index < -0.39 is 0 Å². The first-order valence-corrected chi connectivity index (χ1v) is 9.17. The summed E-state index contributed by atoms with van der Waals surface area (Å²) in [7, 11) is 1.85. The van der Waals surface area contributed by atoms with Crippen LogP contribution in [0.15, 0.2) is 64.2 Å². The number of fused-ring (bicyclic) bond motifs is 2. The number of hydrogen-bond donors (Lipinski definition) is 0. The summed E-state index contributed by atoms with van der Waals surface area (Å²) in [5, 5.41) is 0.702. The maximum Gasteiger partial charge on any atom is 0.267 e. The summed E-state index contributed by atoms with van der Waals surface area (Å²) in [6.45, 7) is 2.47. The van der Waals surface area contributed by atoms with Crippen molar-refractivity contribution in [1.82, 2.24) is 14.1 Å². The fourth-order valence-electron chi connectivity index (χ4n) is 3.58. The Hall–Kier alpha value is -3.21. The van der Waals surface area contributed by atoms with Gasteiger partial charge in [-0.2, -0.15) is 0 Å². The minimum absolute atomic E-state index is 0.159. The number of nitrogens with zero attached hydrogens (tertiary/aromatic N) is 3. The van der Waals surface area contributed by atoms with Gasteiger partial charge in [0.2, 0.25) is 5.43 Å². The fourth-order valence-corrected chi connectivity index (χ4v) is 3.58. The minimum atomic E-state index is -0.265. The molecule has 0 radical (unpaired) electrons. The molecule has 27 heavy (non-hydrogen) atoms. The second kappa shape index (κ2) is 6.83. The Bertz CT molecular complexity index is 1250. The molecule has 5 heteroatoms. The lowest BCUT2D eigenvalue weighted by atomic mass is 10.1. The summed E-state index contributed by atoms with van der Waals surface area (Å²) in [4.78, 5) is 31.2. The largest absolute Gasteiger partial charge is 0.328 e. The fraction of sp³-hybridized carbons (Fsp3) is 0.227. The maximum atomic E-state index is 13.4. The van der Waals surface area contributed by atoms with E-state index in [1.807, 2.05) is 60.1 Å². The van der Waals surface area contributed by atoms with E-state index >= 15 is 0 Å². The van der Waals surface area contributed by atoms with Gasteiger partial charge in [0.15, 0.2) is 5.65 Å². The number of pyridine rings is 1. The van der Waals surface area contributed by atoms with Crippen molar-refractivity contribution in [3.63, 3.8) is 0 Å². The molecule has 4 rings (SSSR count). The van der Waals surface area contributed by atoms with Gasteiger partial charge in [-0.3, -0.25) is 14.2 Å². The van der Waals surface area contributed by atoms with Gasteiger partial charge in [-0.1, -0.05) is 49.4 Å². The summed E-state index contributed by atoms with van der Waals surface area (Å²) in [6.07, 6.45) is 1.55. The molecule has 2 aromatic heterocycles. The first kappa shape index (κ1) is 17.2. The molecular formula is C22H21N3O2. The minimum Gasteiger partial charge on any atom is -0.328 e. The average Bonchev–Trinajstić information content (AvgIpc) is 2.69. The van der Waals surface area contributed by atoms with E-state index in [0.717, 1.165) is 17.5 Å². The lowest BCUT2D eigenvalue weighted by Gasteiger charge is -2.16. The Morgan fingerprint density at radius 1 is 0.963 bits per heavy atom. The molecule has 4 aromatic rings.